The summed E-state index contributed by atoms with van der Waals surface area (Å²) in [6.07, 6.45) is 0. The van der Waals surface area contributed by atoms with E-state index in [-0.39, 0.29) is 0 Å². The maximum Gasteiger partial charge on any atom is 0.151 e. The molecule has 0 N–H and O–H groups in total. The second-order valence-corrected chi connectivity index (χ2v) is 4.05. The van der Waals surface area contributed by atoms with Crippen LogP contribution in [-0.2, 0) is 0 Å². The van der Waals surface area contributed by atoms with Gasteiger partial charge < -0.3 is 9.64 Å². The van der Waals surface area contributed by atoms with E-state index >= 15 is 0 Å². The lowest BCUT2D eigenvalue weighted by atomic mass is 10.1. The molecule has 2 nitrogen and oxygen atoms in total. The highest BCUT2D eigenvalue weighted by molar-refractivity contribution is 5.78. The van der Waals surface area contributed by atoms with E-state index in [1.54, 1.807) is 0 Å². The van der Waals surface area contributed by atoms with Crippen molar-refractivity contribution in [2.75, 3.05) is 11.4 Å². The van der Waals surface area contributed by atoms with Crippen LogP contribution in [0.15, 0.2) is 48.5 Å². The molecule has 0 fully saturated rings. The Morgan fingerprint density at radius 3 is 2.06 bits per heavy atom. The Kier molecular flexibility index (Phi) is 2.66. The van der Waals surface area contributed by atoms with E-state index in [2.05, 4.69) is 28.9 Å². The first-order valence-corrected chi connectivity index (χ1v) is 5.93. The molecule has 0 radical (unpaired) electrons. The van der Waals surface area contributed by atoms with E-state index in [1.165, 1.54) is 0 Å². The van der Waals surface area contributed by atoms with Crippen LogP contribution in [-0.4, -0.2) is 6.54 Å². The summed E-state index contributed by atoms with van der Waals surface area (Å²) in [5, 5.41) is 0. The zero-order valence-corrected chi connectivity index (χ0v) is 10.2. The summed E-state index contributed by atoms with van der Waals surface area (Å²) in [7, 11) is 0. The average molecular weight is 235 g/mol. The minimum Gasteiger partial charge on any atom is -0.453 e. The number of anilines is 2. The number of benzene rings is 2. The van der Waals surface area contributed by atoms with Crippen LogP contribution in [0.5, 0.6) is 11.5 Å². The Bertz CT molecular complexity index is 591. The third-order valence-corrected chi connectivity index (χ3v) is 2.95. The van der Waals surface area contributed by atoms with Gasteiger partial charge in [0.2, 0.25) is 0 Å². The molecule has 0 spiro atoms. The Balaban J connectivity index is 2.13. The van der Waals surface area contributed by atoms with E-state index in [0.717, 1.165) is 22.9 Å². The Morgan fingerprint density at radius 1 is 0.944 bits per heavy atom. The van der Waals surface area contributed by atoms with Crippen molar-refractivity contribution in [3.8, 4) is 23.3 Å². The highest BCUT2D eigenvalue weighted by Crippen LogP contribution is 2.45. The van der Waals surface area contributed by atoms with E-state index in [9.17, 15) is 0 Å². The van der Waals surface area contributed by atoms with Crippen molar-refractivity contribution in [3.63, 3.8) is 0 Å². The van der Waals surface area contributed by atoms with Crippen molar-refractivity contribution in [2.45, 2.75) is 6.92 Å². The molecule has 0 saturated carbocycles. The van der Waals surface area contributed by atoms with Gasteiger partial charge in [-0.25, -0.2) is 0 Å². The number of nitrogens with zero attached hydrogens (tertiary/aromatic N) is 1. The fourth-order valence-corrected chi connectivity index (χ4v) is 2.11. The zero-order chi connectivity index (χ0) is 12.4. The summed E-state index contributed by atoms with van der Waals surface area (Å²) in [6, 6.07) is 16.1. The highest BCUT2D eigenvalue weighted by Gasteiger charge is 2.22. The molecule has 0 aliphatic carbocycles. The lowest BCUT2D eigenvalue weighted by Crippen LogP contribution is -2.21. The van der Waals surface area contributed by atoms with Crippen LogP contribution >= 0.6 is 0 Å². The van der Waals surface area contributed by atoms with E-state index in [4.69, 9.17) is 4.74 Å². The summed E-state index contributed by atoms with van der Waals surface area (Å²) < 4.78 is 5.90. The fourth-order valence-electron chi connectivity index (χ4n) is 2.11. The molecule has 18 heavy (non-hydrogen) atoms. The van der Waals surface area contributed by atoms with Gasteiger partial charge in [0.1, 0.15) is 0 Å². The largest absolute Gasteiger partial charge is 0.453 e. The molecule has 1 aliphatic rings. The predicted octanol–water partition coefficient (Wildman–Crippen LogP) is 3.95. The van der Waals surface area contributed by atoms with E-state index in [0.29, 0.717) is 6.54 Å². The summed E-state index contributed by atoms with van der Waals surface area (Å²) in [5.74, 6) is 7.83. The van der Waals surface area contributed by atoms with Crippen molar-refractivity contribution < 1.29 is 4.74 Å². The van der Waals surface area contributed by atoms with Gasteiger partial charge in [-0.2, -0.15) is 0 Å². The molecular weight excluding hydrogens is 222 g/mol. The molecular formula is C16H13NO. The second-order valence-electron chi connectivity index (χ2n) is 4.05. The van der Waals surface area contributed by atoms with Crippen LogP contribution in [0, 0.1) is 11.8 Å². The molecule has 3 rings (SSSR count). The minimum absolute atomic E-state index is 0.674. The molecule has 0 atom stereocenters. The van der Waals surface area contributed by atoms with Gasteiger partial charge in [-0.3, -0.25) is 0 Å². The number of rotatable bonds is 1. The van der Waals surface area contributed by atoms with Crippen molar-refractivity contribution in [1.82, 2.24) is 0 Å². The zero-order valence-electron chi connectivity index (χ0n) is 10.2. The second kappa shape index (κ2) is 4.46. The SMILES string of the molecule is CC#CCN1c2ccccc2Oc2ccccc21. The van der Waals surface area contributed by atoms with Crippen molar-refractivity contribution in [3.05, 3.63) is 48.5 Å². The molecule has 0 bridgehead atoms. The molecule has 0 aromatic heterocycles. The van der Waals surface area contributed by atoms with Crippen LogP contribution in [0.3, 0.4) is 0 Å². The minimum atomic E-state index is 0.674. The molecule has 2 aromatic carbocycles. The van der Waals surface area contributed by atoms with Crippen molar-refractivity contribution in [1.29, 1.82) is 0 Å². The summed E-state index contributed by atoms with van der Waals surface area (Å²) in [5.41, 5.74) is 2.14. The van der Waals surface area contributed by atoms with Crippen molar-refractivity contribution >= 4 is 11.4 Å². The molecule has 2 heteroatoms. The monoisotopic (exact) mass is 235 g/mol. The van der Waals surface area contributed by atoms with Gasteiger partial charge in [0.25, 0.3) is 0 Å². The first-order valence-electron chi connectivity index (χ1n) is 5.93. The Labute approximate surface area is 107 Å². The molecule has 1 heterocycles. The van der Waals surface area contributed by atoms with Gasteiger partial charge in [0, 0.05) is 0 Å². The fraction of sp³-hybridized carbons (Fsp3) is 0.125. The number of para-hydroxylation sites is 4. The van der Waals surface area contributed by atoms with Crippen LogP contribution in [0.1, 0.15) is 6.92 Å². The maximum atomic E-state index is 5.90. The lowest BCUT2D eigenvalue weighted by Gasteiger charge is -2.31. The van der Waals surface area contributed by atoms with Gasteiger partial charge in [-0.1, -0.05) is 30.2 Å². The maximum absolute atomic E-state index is 5.90. The summed E-state index contributed by atoms with van der Waals surface area (Å²) in [4.78, 5) is 2.19. The first-order chi connectivity index (χ1) is 8.90. The number of hydrogen-bond acceptors (Lipinski definition) is 2. The normalized spacial score (nSPS) is 11.7. The van der Waals surface area contributed by atoms with Crippen LogP contribution < -0.4 is 9.64 Å². The third kappa shape index (κ3) is 1.70. The third-order valence-electron chi connectivity index (χ3n) is 2.95. The van der Waals surface area contributed by atoms with Gasteiger partial charge in [0.05, 0.1) is 17.9 Å². The summed E-state index contributed by atoms with van der Waals surface area (Å²) >= 11 is 0. The molecule has 2 aromatic rings. The van der Waals surface area contributed by atoms with Crippen LogP contribution in [0.25, 0.3) is 0 Å². The Hall–Kier alpha value is -2.40. The lowest BCUT2D eigenvalue weighted by molar-refractivity contribution is 0.474. The van der Waals surface area contributed by atoms with E-state index in [1.807, 2.05) is 43.3 Å². The topological polar surface area (TPSA) is 12.5 Å². The van der Waals surface area contributed by atoms with Gasteiger partial charge in [-0.05, 0) is 31.2 Å². The summed E-state index contributed by atoms with van der Waals surface area (Å²) in [6.45, 7) is 2.53. The van der Waals surface area contributed by atoms with Crippen LogP contribution in [0.2, 0.25) is 0 Å². The number of fused-ring (bicyclic) bond motifs is 2. The van der Waals surface area contributed by atoms with Gasteiger partial charge in [0.15, 0.2) is 11.5 Å². The van der Waals surface area contributed by atoms with Gasteiger partial charge in [-0.15, -0.1) is 5.92 Å². The van der Waals surface area contributed by atoms with E-state index < -0.39 is 0 Å². The molecule has 0 amide bonds. The quantitative estimate of drug-likeness (QED) is 0.694. The van der Waals surface area contributed by atoms with Gasteiger partial charge >= 0.3 is 0 Å². The average Bonchev–Trinajstić information content (AvgIpc) is 2.43. The molecule has 0 saturated heterocycles. The highest BCUT2D eigenvalue weighted by atomic mass is 16.5. The van der Waals surface area contributed by atoms with Crippen LogP contribution in [0.4, 0.5) is 11.4 Å². The molecule has 0 unspecified atom stereocenters. The number of hydrogen-bond donors (Lipinski definition) is 0. The smallest absolute Gasteiger partial charge is 0.151 e. The first kappa shape index (κ1) is 10.7. The molecule has 1 aliphatic heterocycles. The number of ether oxygens (including phenoxy) is 1. The standard InChI is InChI=1S/C16H13NO/c1-2-3-12-17-13-8-4-6-10-15(13)18-16-11-7-5-9-14(16)17/h4-11H,12H2,1H3. The Morgan fingerprint density at radius 2 is 1.50 bits per heavy atom. The predicted molar refractivity (Wildman–Crippen MR) is 73.4 cm³/mol. The molecule has 88 valence electrons. The van der Waals surface area contributed by atoms with Crippen molar-refractivity contribution in [2.24, 2.45) is 0 Å².